The first kappa shape index (κ1) is 23.8. The van der Waals surface area contributed by atoms with Crippen molar-refractivity contribution in [3.63, 3.8) is 0 Å². The number of piperidine rings is 1. The first-order chi connectivity index (χ1) is 15.7. The van der Waals surface area contributed by atoms with Gasteiger partial charge in [-0.3, -0.25) is 4.57 Å². The van der Waals surface area contributed by atoms with Gasteiger partial charge < -0.3 is 20.1 Å². The maximum Gasteiger partial charge on any atom is 0.337 e. The molecule has 1 aromatic heterocycles. The van der Waals surface area contributed by atoms with Crippen LogP contribution >= 0.6 is 0 Å². The molecule has 2 aromatic rings. The van der Waals surface area contributed by atoms with Crippen LogP contribution < -0.4 is 11.0 Å². The van der Waals surface area contributed by atoms with Gasteiger partial charge in [0.25, 0.3) is 0 Å². The van der Waals surface area contributed by atoms with Crippen molar-refractivity contribution in [2.75, 3.05) is 39.4 Å². The Morgan fingerprint density at radius 2 is 1.79 bits per heavy atom. The summed E-state index contributed by atoms with van der Waals surface area (Å²) in [5.74, 6) is -1.94. The summed E-state index contributed by atoms with van der Waals surface area (Å²) in [7, 11) is 0. The summed E-state index contributed by atoms with van der Waals surface area (Å²) in [6, 6.07) is 0.880. The van der Waals surface area contributed by atoms with Crippen LogP contribution in [0.3, 0.4) is 0 Å². The zero-order chi connectivity index (χ0) is 23.8. The third-order valence-corrected chi connectivity index (χ3v) is 6.83. The lowest BCUT2D eigenvalue weighted by molar-refractivity contribution is -0.0829. The van der Waals surface area contributed by atoms with E-state index in [0.29, 0.717) is 39.1 Å². The van der Waals surface area contributed by atoms with Gasteiger partial charge in [-0.2, -0.15) is 0 Å². The van der Waals surface area contributed by atoms with E-state index in [1.54, 1.807) is 13.8 Å². The van der Waals surface area contributed by atoms with E-state index in [0.717, 1.165) is 42.6 Å². The standard InChI is InChI=1S/C23H32F2N4O4/c1-15(2)28-19-11-17(24)18(25)12-20(19)29(22(28)31)21(30)26-13-16-3-7-27(8-4-16)14-23(32)5-9-33-10-6-23/h11-12,15-16,32H,3-10,13-14H2,1-2H3,(H,26,30). The van der Waals surface area contributed by atoms with Gasteiger partial charge in [0.15, 0.2) is 11.6 Å². The lowest BCUT2D eigenvalue weighted by Crippen LogP contribution is -2.49. The maximum absolute atomic E-state index is 13.9. The molecule has 0 atom stereocenters. The van der Waals surface area contributed by atoms with Crippen molar-refractivity contribution in [3.8, 4) is 0 Å². The van der Waals surface area contributed by atoms with E-state index in [-0.39, 0.29) is 23.0 Å². The SMILES string of the molecule is CC(C)n1c(=O)n(C(=O)NCC2CCN(CC3(O)CCOCC3)CC2)c2cc(F)c(F)cc21. The van der Waals surface area contributed by atoms with Crippen LogP contribution in [0.2, 0.25) is 0 Å². The average Bonchev–Trinajstić information content (AvgIpc) is 3.04. The number of carbonyl (C=O) groups is 1. The number of imidazole rings is 1. The minimum atomic E-state index is -1.11. The Balaban J connectivity index is 1.39. The number of fused-ring (bicyclic) bond motifs is 1. The molecule has 0 bridgehead atoms. The summed E-state index contributed by atoms with van der Waals surface area (Å²) < 4.78 is 35.2. The fourth-order valence-electron chi connectivity index (χ4n) is 4.89. The van der Waals surface area contributed by atoms with Crippen LogP contribution in [0, 0.1) is 17.6 Å². The normalized spacial score (nSPS) is 19.9. The predicted octanol–water partition coefficient (Wildman–Crippen LogP) is 2.47. The molecule has 1 amide bonds. The zero-order valence-corrected chi connectivity index (χ0v) is 19.1. The highest BCUT2D eigenvalue weighted by Crippen LogP contribution is 2.25. The van der Waals surface area contributed by atoms with E-state index < -0.39 is 29.0 Å². The Morgan fingerprint density at radius 1 is 1.18 bits per heavy atom. The Bertz CT molecular complexity index is 1070. The monoisotopic (exact) mass is 466 g/mol. The van der Waals surface area contributed by atoms with Crippen LogP contribution in [0.1, 0.15) is 45.6 Å². The number of aromatic nitrogens is 2. The molecule has 1 aromatic carbocycles. The fraction of sp³-hybridized carbons (Fsp3) is 0.652. The van der Waals surface area contributed by atoms with E-state index >= 15 is 0 Å². The summed E-state index contributed by atoms with van der Waals surface area (Å²) in [5, 5.41) is 13.5. The third-order valence-electron chi connectivity index (χ3n) is 6.83. The Hall–Kier alpha value is -2.30. The molecule has 0 radical (unpaired) electrons. The number of benzene rings is 1. The molecular formula is C23H32F2N4O4. The molecule has 4 rings (SSSR count). The van der Waals surface area contributed by atoms with Crippen molar-refractivity contribution in [3.05, 3.63) is 34.3 Å². The van der Waals surface area contributed by atoms with Crippen molar-refractivity contribution >= 4 is 17.1 Å². The van der Waals surface area contributed by atoms with Crippen molar-refractivity contribution in [2.24, 2.45) is 5.92 Å². The van der Waals surface area contributed by atoms with Gasteiger partial charge in [-0.05, 0) is 45.7 Å². The van der Waals surface area contributed by atoms with Crippen LogP contribution in [0.5, 0.6) is 0 Å². The highest BCUT2D eigenvalue weighted by Gasteiger charge is 2.33. The number of likely N-dealkylation sites (tertiary alicyclic amines) is 1. The number of amides is 1. The first-order valence-electron chi connectivity index (χ1n) is 11.6. The van der Waals surface area contributed by atoms with Gasteiger partial charge >= 0.3 is 11.7 Å². The molecule has 2 N–H and O–H groups in total. The van der Waals surface area contributed by atoms with Crippen molar-refractivity contribution < 1.29 is 23.4 Å². The second-order valence-corrected chi connectivity index (χ2v) is 9.58. The molecule has 0 unspecified atom stereocenters. The van der Waals surface area contributed by atoms with Gasteiger partial charge in [0.2, 0.25) is 0 Å². The largest absolute Gasteiger partial charge is 0.388 e. The summed E-state index contributed by atoms with van der Waals surface area (Å²) in [4.78, 5) is 28.0. The third kappa shape index (κ3) is 4.97. The molecule has 182 valence electrons. The first-order valence-corrected chi connectivity index (χ1v) is 11.6. The summed E-state index contributed by atoms with van der Waals surface area (Å²) in [6.45, 7) is 7.31. The molecule has 0 aliphatic carbocycles. The molecule has 0 spiro atoms. The number of carbonyl (C=O) groups excluding carboxylic acids is 1. The molecule has 2 fully saturated rings. The molecule has 3 heterocycles. The minimum absolute atomic E-state index is 0.0459. The van der Waals surface area contributed by atoms with Crippen LogP contribution in [-0.2, 0) is 4.74 Å². The quantitative estimate of drug-likeness (QED) is 0.707. The number of aliphatic hydroxyl groups is 1. The molecule has 8 nitrogen and oxygen atoms in total. The number of ether oxygens (including phenoxy) is 1. The highest BCUT2D eigenvalue weighted by atomic mass is 19.2. The Kier molecular flexibility index (Phi) is 6.88. The summed E-state index contributed by atoms with van der Waals surface area (Å²) >= 11 is 0. The van der Waals surface area contributed by atoms with Gasteiger partial charge in [0.1, 0.15) is 0 Å². The smallest absolute Gasteiger partial charge is 0.337 e. The molecule has 10 heteroatoms. The van der Waals surface area contributed by atoms with Gasteiger partial charge in [-0.15, -0.1) is 0 Å². The zero-order valence-electron chi connectivity index (χ0n) is 19.1. The molecule has 33 heavy (non-hydrogen) atoms. The van der Waals surface area contributed by atoms with E-state index in [2.05, 4.69) is 10.2 Å². The average molecular weight is 467 g/mol. The summed E-state index contributed by atoms with van der Waals surface area (Å²) in [6.07, 6.45) is 3.00. The van der Waals surface area contributed by atoms with Crippen LogP contribution in [0.15, 0.2) is 16.9 Å². The number of hydrogen-bond acceptors (Lipinski definition) is 5. The minimum Gasteiger partial charge on any atom is -0.388 e. The molecule has 2 saturated heterocycles. The molecule has 0 saturated carbocycles. The predicted molar refractivity (Wildman–Crippen MR) is 119 cm³/mol. The maximum atomic E-state index is 13.9. The molecular weight excluding hydrogens is 434 g/mol. The second kappa shape index (κ2) is 9.52. The Labute approximate surface area is 191 Å². The topological polar surface area (TPSA) is 88.7 Å². The molecule has 2 aliphatic rings. The number of nitrogens with one attached hydrogen (secondary N) is 1. The van der Waals surface area contributed by atoms with E-state index in [1.807, 2.05) is 0 Å². The number of halogens is 2. The van der Waals surface area contributed by atoms with Gasteiger partial charge in [-0.1, -0.05) is 0 Å². The number of rotatable bonds is 5. The van der Waals surface area contributed by atoms with Crippen molar-refractivity contribution in [2.45, 2.75) is 51.2 Å². The van der Waals surface area contributed by atoms with Crippen LogP contribution in [0.4, 0.5) is 13.6 Å². The van der Waals surface area contributed by atoms with E-state index in [9.17, 15) is 23.5 Å². The lowest BCUT2D eigenvalue weighted by atomic mass is 9.91. The highest BCUT2D eigenvalue weighted by molar-refractivity contribution is 5.89. The van der Waals surface area contributed by atoms with Gasteiger partial charge in [-0.25, -0.2) is 22.9 Å². The fourth-order valence-corrected chi connectivity index (χ4v) is 4.89. The van der Waals surface area contributed by atoms with E-state index in [4.69, 9.17) is 4.74 Å². The lowest BCUT2D eigenvalue weighted by Gasteiger charge is -2.39. The number of hydrogen-bond donors (Lipinski definition) is 2. The summed E-state index contributed by atoms with van der Waals surface area (Å²) in [5.41, 5.74) is -1.09. The van der Waals surface area contributed by atoms with E-state index in [1.165, 1.54) is 4.57 Å². The van der Waals surface area contributed by atoms with Crippen LogP contribution in [-0.4, -0.2) is 70.2 Å². The van der Waals surface area contributed by atoms with Crippen molar-refractivity contribution in [1.29, 1.82) is 0 Å². The Morgan fingerprint density at radius 3 is 2.39 bits per heavy atom. The second-order valence-electron chi connectivity index (χ2n) is 9.58. The molecule has 2 aliphatic heterocycles. The van der Waals surface area contributed by atoms with Crippen molar-refractivity contribution in [1.82, 2.24) is 19.4 Å². The number of β-amino-alcohol motifs (C(OH)–C–C–N with tert-alkyl or cyclic N) is 1. The van der Waals surface area contributed by atoms with Gasteiger partial charge in [0.05, 0.1) is 16.6 Å². The van der Waals surface area contributed by atoms with Crippen LogP contribution in [0.25, 0.3) is 11.0 Å². The van der Waals surface area contributed by atoms with Gasteiger partial charge in [0, 0.05) is 57.3 Å². The number of nitrogens with zero attached hydrogens (tertiary/aromatic N) is 3.